The molecule has 1 saturated carbocycles. The minimum Gasteiger partial charge on any atom is -0.484 e. The summed E-state index contributed by atoms with van der Waals surface area (Å²) in [6.07, 6.45) is 4.64. The maximum Gasteiger partial charge on any atom is 0.264 e. The summed E-state index contributed by atoms with van der Waals surface area (Å²) in [4.78, 5) is 30.0. The second kappa shape index (κ2) is 9.27. The van der Waals surface area contributed by atoms with E-state index in [4.69, 9.17) is 32.5 Å². The summed E-state index contributed by atoms with van der Waals surface area (Å²) in [5.41, 5.74) is 1.04. The second-order valence-corrected chi connectivity index (χ2v) is 9.25. The molecule has 0 saturated heterocycles. The first-order valence-corrected chi connectivity index (χ1v) is 11.8. The molecule has 1 aromatic carbocycles. The summed E-state index contributed by atoms with van der Waals surface area (Å²) in [5.74, 6) is 0.706. The Labute approximate surface area is 204 Å². The lowest BCUT2D eigenvalue weighted by Crippen LogP contribution is -2.42. The van der Waals surface area contributed by atoms with Gasteiger partial charge in [-0.3, -0.25) is 9.59 Å². The molecular formula is C24H22Cl2N4O4. The Morgan fingerprint density at radius 2 is 2.12 bits per heavy atom. The number of fused-ring (bicyclic) bond motifs is 3. The normalized spacial score (nSPS) is 18.3. The molecule has 0 radical (unpaired) electrons. The Bertz CT molecular complexity index is 1450. The third-order valence-electron chi connectivity index (χ3n) is 6.23. The molecule has 5 rings (SSSR count). The zero-order valence-electron chi connectivity index (χ0n) is 18.4. The van der Waals surface area contributed by atoms with Crippen LogP contribution in [0.2, 0.25) is 10.2 Å². The highest BCUT2D eigenvalue weighted by atomic mass is 35.5. The van der Waals surface area contributed by atoms with Crippen molar-refractivity contribution in [3.63, 3.8) is 0 Å². The first-order chi connectivity index (χ1) is 16.4. The first-order valence-electron chi connectivity index (χ1n) is 11.0. The number of hydrogen-bond acceptors (Lipinski definition) is 6. The number of hydrogen-bond donors (Lipinski definition) is 1. The van der Waals surface area contributed by atoms with Gasteiger partial charge in [0.05, 0.1) is 10.5 Å². The van der Waals surface area contributed by atoms with Crippen LogP contribution in [-0.2, 0) is 4.79 Å². The van der Waals surface area contributed by atoms with Crippen molar-refractivity contribution in [2.75, 3.05) is 6.61 Å². The highest BCUT2D eigenvalue weighted by Crippen LogP contribution is 2.35. The molecule has 3 aromatic heterocycles. The topological polar surface area (TPSA) is 99.2 Å². The van der Waals surface area contributed by atoms with Gasteiger partial charge in [0.25, 0.3) is 11.5 Å². The lowest BCUT2D eigenvalue weighted by atomic mass is 9.90. The van der Waals surface area contributed by atoms with E-state index in [0.29, 0.717) is 49.9 Å². The Hall–Kier alpha value is -3.10. The van der Waals surface area contributed by atoms with E-state index in [1.165, 1.54) is 6.20 Å². The van der Waals surface area contributed by atoms with Gasteiger partial charge in [-0.1, -0.05) is 34.4 Å². The van der Waals surface area contributed by atoms with Gasteiger partial charge in [-0.25, -0.2) is 4.98 Å². The predicted octanol–water partition coefficient (Wildman–Crippen LogP) is 4.83. The lowest BCUT2D eigenvalue weighted by Gasteiger charge is -2.32. The van der Waals surface area contributed by atoms with Crippen LogP contribution in [0, 0.1) is 6.92 Å². The number of aromatic nitrogens is 3. The number of nitrogens with one attached hydrogen (secondary N) is 1. The van der Waals surface area contributed by atoms with Crippen LogP contribution in [0.3, 0.4) is 0 Å². The molecule has 4 aromatic rings. The zero-order chi connectivity index (χ0) is 23.8. The van der Waals surface area contributed by atoms with Crippen LogP contribution < -0.4 is 15.6 Å². The van der Waals surface area contributed by atoms with Gasteiger partial charge in [0.1, 0.15) is 27.6 Å². The fourth-order valence-electron chi connectivity index (χ4n) is 4.76. The summed E-state index contributed by atoms with van der Waals surface area (Å²) in [6, 6.07) is 8.48. The van der Waals surface area contributed by atoms with Gasteiger partial charge in [0.2, 0.25) is 0 Å². The quantitative estimate of drug-likeness (QED) is 0.394. The van der Waals surface area contributed by atoms with E-state index >= 15 is 0 Å². The fraction of sp³-hybridized carbons (Fsp3) is 0.333. The largest absolute Gasteiger partial charge is 0.484 e. The molecule has 1 aliphatic carbocycles. The van der Waals surface area contributed by atoms with Gasteiger partial charge in [-0.2, -0.15) is 0 Å². The summed E-state index contributed by atoms with van der Waals surface area (Å²) < 4.78 is 12.7. The van der Waals surface area contributed by atoms with Crippen LogP contribution in [0.4, 0.5) is 0 Å². The summed E-state index contributed by atoms with van der Waals surface area (Å²) in [7, 11) is 0. The van der Waals surface area contributed by atoms with E-state index in [9.17, 15) is 9.59 Å². The monoisotopic (exact) mass is 500 g/mol. The SMILES string of the molecule is Cc1onc2c1c(=O)n(C1CCCC(NC(=O)COc3ccnc(Cl)c3)C1)c1cccc(Cl)c21. The zero-order valence-corrected chi connectivity index (χ0v) is 19.9. The molecule has 10 heteroatoms. The Morgan fingerprint density at radius 1 is 1.26 bits per heavy atom. The van der Waals surface area contributed by atoms with E-state index in [2.05, 4.69) is 15.5 Å². The van der Waals surface area contributed by atoms with E-state index in [-0.39, 0.29) is 30.2 Å². The van der Waals surface area contributed by atoms with E-state index in [1.54, 1.807) is 29.7 Å². The van der Waals surface area contributed by atoms with Crippen LogP contribution in [0.5, 0.6) is 5.75 Å². The first kappa shape index (κ1) is 22.7. The summed E-state index contributed by atoms with van der Waals surface area (Å²) in [6.45, 7) is 1.59. The van der Waals surface area contributed by atoms with Crippen molar-refractivity contribution in [1.82, 2.24) is 20.0 Å². The maximum absolute atomic E-state index is 13.5. The number of carbonyl (C=O) groups excluding carboxylic acids is 1. The fourth-order valence-corrected chi connectivity index (χ4v) is 5.18. The molecule has 1 aliphatic rings. The van der Waals surface area contributed by atoms with Crippen molar-refractivity contribution in [3.05, 3.63) is 62.8 Å². The van der Waals surface area contributed by atoms with Crippen LogP contribution in [0.25, 0.3) is 21.8 Å². The van der Waals surface area contributed by atoms with Crippen LogP contribution in [-0.4, -0.2) is 33.3 Å². The van der Waals surface area contributed by atoms with Gasteiger partial charge in [0, 0.05) is 29.7 Å². The molecule has 1 N–H and O–H groups in total. The molecule has 2 unspecified atom stereocenters. The highest BCUT2D eigenvalue weighted by Gasteiger charge is 2.28. The van der Waals surface area contributed by atoms with Crippen LogP contribution >= 0.6 is 23.2 Å². The summed E-state index contributed by atoms with van der Waals surface area (Å²) >= 11 is 12.4. The van der Waals surface area contributed by atoms with Crippen LogP contribution in [0.1, 0.15) is 37.5 Å². The standard InChI is InChI=1S/C24H22Cl2N4O4/c1-13-21-23(29-34-13)22-17(25)6-3-7-18(22)30(24(21)32)15-5-2-4-14(10-15)28-20(31)12-33-16-8-9-27-19(26)11-16/h3,6-9,11,14-15H,2,4-5,10,12H2,1H3,(H,28,31). The molecule has 1 amide bonds. The van der Waals surface area contributed by atoms with Crippen LogP contribution in [0.15, 0.2) is 45.8 Å². The Balaban J connectivity index is 1.39. The van der Waals surface area contributed by atoms with Gasteiger partial charge in [-0.15, -0.1) is 0 Å². The van der Waals surface area contributed by atoms with Crippen molar-refractivity contribution in [1.29, 1.82) is 0 Å². The molecule has 1 fully saturated rings. The number of aryl methyl sites for hydroxylation is 1. The molecule has 8 nitrogen and oxygen atoms in total. The van der Waals surface area contributed by atoms with E-state index in [0.717, 1.165) is 19.3 Å². The molecule has 2 atom stereocenters. The smallest absolute Gasteiger partial charge is 0.264 e. The van der Waals surface area contributed by atoms with Crippen molar-refractivity contribution < 1.29 is 14.1 Å². The number of nitrogens with zero attached hydrogens (tertiary/aromatic N) is 3. The molecular weight excluding hydrogens is 479 g/mol. The van der Waals surface area contributed by atoms with Gasteiger partial charge < -0.3 is 19.1 Å². The van der Waals surface area contributed by atoms with Crippen molar-refractivity contribution in [2.24, 2.45) is 0 Å². The number of amides is 1. The molecule has 3 heterocycles. The van der Waals surface area contributed by atoms with Crippen molar-refractivity contribution in [2.45, 2.75) is 44.7 Å². The van der Waals surface area contributed by atoms with Gasteiger partial charge in [0.15, 0.2) is 6.61 Å². The molecule has 0 spiro atoms. The Morgan fingerprint density at radius 3 is 2.94 bits per heavy atom. The average Bonchev–Trinajstić information content (AvgIpc) is 3.20. The average molecular weight is 501 g/mol. The maximum atomic E-state index is 13.5. The van der Waals surface area contributed by atoms with E-state index < -0.39 is 0 Å². The molecule has 34 heavy (non-hydrogen) atoms. The lowest BCUT2D eigenvalue weighted by molar-refractivity contribution is -0.124. The number of pyridine rings is 2. The predicted molar refractivity (Wildman–Crippen MR) is 130 cm³/mol. The molecule has 0 aliphatic heterocycles. The highest BCUT2D eigenvalue weighted by molar-refractivity contribution is 6.37. The number of carbonyl (C=O) groups is 1. The number of halogens is 2. The Kier molecular flexibility index (Phi) is 6.18. The molecule has 0 bridgehead atoms. The number of rotatable bonds is 5. The van der Waals surface area contributed by atoms with E-state index in [1.807, 2.05) is 12.1 Å². The summed E-state index contributed by atoms with van der Waals surface area (Å²) in [5, 5.41) is 9.10. The molecule has 176 valence electrons. The minimum absolute atomic E-state index is 0.0868. The van der Waals surface area contributed by atoms with Gasteiger partial charge >= 0.3 is 0 Å². The van der Waals surface area contributed by atoms with Crippen molar-refractivity contribution in [3.8, 4) is 5.75 Å². The van der Waals surface area contributed by atoms with Crippen molar-refractivity contribution >= 4 is 50.9 Å². The third kappa shape index (κ3) is 4.23. The minimum atomic E-state index is -0.232. The van der Waals surface area contributed by atoms with Gasteiger partial charge in [-0.05, 0) is 50.8 Å². The second-order valence-electron chi connectivity index (χ2n) is 8.46. The number of benzene rings is 1. The number of ether oxygens (including phenoxy) is 1. The third-order valence-corrected chi connectivity index (χ3v) is 6.75.